The maximum atomic E-state index is 12.2. The Balaban J connectivity index is 1.92. The fourth-order valence-electron chi connectivity index (χ4n) is 2.14. The van der Waals surface area contributed by atoms with Gasteiger partial charge in [0.15, 0.2) is 0 Å². The summed E-state index contributed by atoms with van der Waals surface area (Å²) >= 11 is 3.36. The van der Waals surface area contributed by atoms with Gasteiger partial charge < -0.3 is 15.0 Å². The van der Waals surface area contributed by atoms with E-state index in [4.69, 9.17) is 4.74 Å². The molecule has 0 saturated carbocycles. The van der Waals surface area contributed by atoms with Gasteiger partial charge >= 0.3 is 0 Å². The maximum absolute atomic E-state index is 12.2. The number of carbonyl (C=O) groups excluding carboxylic acids is 2. The molecule has 1 atom stereocenters. The number of alkyl halides is 1. The highest BCUT2D eigenvalue weighted by Crippen LogP contribution is 2.08. The monoisotopic (exact) mass is 354 g/mol. The van der Waals surface area contributed by atoms with Gasteiger partial charge in [-0.1, -0.05) is 28.1 Å². The molecule has 0 spiro atoms. The van der Waals surface area contributed by atoms with Gasteiger partial charge in [0.2, 0.25) is 5.91 Å². The molecule has 6 heteroatoms. The van der Waals surface area contributed by atoms with Gasteiger partial charge in [-0.2, -0.15) is 0 Å². The fourth-order valence-corrected chi connectivity index (χ4v) is 2.52. The van der Waals surface area contributed by atoms with Crippen molar-refractivity contribution in [1.82, 2.24) is 10.2 Å². The second kappa shape index (κ2) is 7.56. The van der Waals surface area contributed by atoms with Crippen LogP contribution in [0, 0.1) is 0 Å². The Labute approximate surface area is 132 Å². The zero-order chi connectivity index (χ0) is 15.2. The first-order chi connectivity index (χ1) is 10.1. The molecule has 5 nitrogen and oxygen atoms in total. The zero-order valence-electron chi connectivity index (χ0n) is 12.0. The van der Waals surface area contributed by atoms with E-state index in [1.165, 1.54) is 0 Å². The van der Waals surface area contributed by atoms with Crippen LogP contribution >= 0.6 is 15.9 Å². The molecular formula is C15H19BrN2O3. The third-order valence-electron chi connectivity index (χ3n) is 3.41. The number of hydrogen-bond acceptors (Lipinski definition) is 3. The number of carbonyl (C=O) groups is 2. The van der Waals surface area contributed by atoms with E-state index < -0.39 is 6.04 Å². The Morgan fingerprint density at radius 2 is 1.90 bits per heavy atom. The average Bonchev–Trinajstić information content (AvgIpc) is 2.55. The summed E-state index contributed by atoms with van der Waals surface area (Å²) in [6, 6.07) is 6.76. The topological polar surface area (TPSA) is 58.6 Å². The van der Waals surface area contributed by atoms with Crippen LogP contribution < -0.4 is 5.32 Å². The molecule has 0 bridgehead atoms. The highest BCUT2D eigenvalue weighted by Gasteiger charge is 2.23. The van der Waals surface area contributed by atoms with Gasteiger partial charge in [0.1, 0.15) is 6.04 Å². The number of morpholine rings is 1. The molecule has 1 unspecified atom stereocenters. The summed E-state index contributed by atoms with van der Waals surface area (Å²) in [6.45, 7) is 3.99. The van der Waals surface area contributed by atoms with Gasteiger partial charge in [0.25, 0.3) is 5.91 Å². The minimum Gasteiger partial charge on any atom is -0.378 e. The molecule has 21 heavy (non-hydrogen) atoms. The number of amides is 2. The van der Waals surface area contributed by atoms with Crippen LogP contribution in [-0.4, -0.2) is 49.1 Å². The molecule has 1 aromatic rings. The molecule has 1 N–H and O–H groups in total. The molecular weight excluding hydrogens is 336 g/mol. The van der Waals surface area contributed by atoms with E-state index in [2.05, 4.69) is 21.2 Å². The van der Waals surface area contributed by atoms with Crippen LogP contribution in [0.2, 0.25) is 0 Å². The van der Waals surface area contributed by atoms with E-state index >= 15 is 0 Å². The van der Waals surface area contributed by atoms with E-state index in [1.807, 2.05) is 12.1 Å². The first kappa shape index (κ1) is 16.0. The number of rotatable bonds is 4. The van der Waals surface area contributed by atoms with Crippen molar-refractivity contribution in [2.75, 3.05) is 26.3 Å². The predicted octanol–water partition coefficient (Wildman–Crippen LogP) is 1.56. The van der Waals surface area contributed by atoms with E-state index in [-0.39, 0.29) is 11.8 Å². The van der Waals surface area contributed by atoms with Crippen LogP contribution in [0.3, 0.4) is 0 Å². The zero-order valence-corrected chi connectivity index (χ0v) is 13.6. The van der Waals surface area contributed by atoms with Crippen LogP contribution in [0.4, 0.5) is 0 Å². The van der Waals surface area contributed by atoms with E-state index in [0.717, 1.165) is 10.9 Å². The highest BCUT2D eigenvalue weighted by atomic mass is 79.9. The molecule has 114 valence electrons. The molecule has 1 aliphatic heterocycles. The quantitative estimate of drug-likeness (QED) is 0.834. The Hall–Kier alpha value is -1.40. The van der Waals surface area contributed by atoms with Gasteiger partial charge in [-0.15, -0.1) is 0 Å². The fraction of sp³-hybridized carbons (Fsp3) is 0.467. The van der Waals surface area contributed by atoms with Crippen molar-refractivity contribution in [3.63, 3.8) is 0 Å². The normalized spacial score (nSPS) is 16.4. The minimum absolute atomic E-state index is 0.0660. The molecule has 1 aromatic carbocycles. The average molecular weight is 355 g/mol. The number of ether oxygens (including phenoxy) is 1. The van der Waals surface area contributed by atoms with Crippen molar-refractivity contribution in [1.29, 1.82) is 0 Å². The summed E-state index contributed by atoms with van der Waals surface area (Å²) in [5.74, 6) is -0.297. The lowest BCUT2D eigenvalue weighted by molar-refractivity contribution is -0.136. The Morgan fingerprint density at radius 1 is 1.29 bits per heavy atom. The van der Waals surface area contributed by atoms with Crippen LogP contribution in [0.1, 0.15) is 22.8 Å². The third kappa shape index (κ3) is 4.28. The van der Waals surface area contributed by atoms with Crippen LogP contribution in [0.25, 0.3) is 0 Å². The number of nitrogens with one attached hydrogen (secondary N) is 1. The molecule has 0 aromatic heterocycles. The summed E-state index contributed by atoms with van der Waals surface area (Å²) < 4.78 is 5.22. The maximum Gasteiger partial charge on any atom is 0.251 e. The molecule has 1 saturated heterocycles. The summed E-state index contributed by atoms with van der Waals surface area (Å²) in [7, 11) is 0. The van der Waals surface area contributed by atoms with Crippen LogP contribution in [0.5, 0.6) is 0 Å². The highest BCUT2D eigenvalue weighted by molar-refractivity contribution is 9.08. The minimum atomic E-state index is -0.536. The SMILES string of the molecule is CC(NC(=O)c1ccc(CBr)cc1)C(=O)N1CCOCC1. The Bertz CT molecular complexity index is 498. The molecule has 1 aliphatic rings. The van der Waals surface area contributed by atoms with E-state index in [1.54, 1.807) is 24.0 Å². The summed E-state index contributed by atoms with van der Waals surface area (Å²) in [6.07, 6.45) is 0. The predicted molar refractivity (Wildman–Crippen MR) is 83.4 cm³/mol. The Morgan fingerprint density at radius 3 is 2.48 bits per heavy atom. The largest absolute Gasteiger partial charge is 0.378 e. The Kier molecular flexibility index (Phi) is 5.76. The van der Waals surface area contributed by atoms with Gasteiger partial charge in [-0.05, 0) is 24.6 Å². The van der Waals surface area contributed by atoms with Crippen molar-refractivity contribution in [3.8, 4) is 0 Å². The number of hydrogen-bond donors (Lipinski definition) is 1. The number of nitrogens with zero attached hydrogens (tertiary/aromatic N) is 1. The molecule has 2 amide bonds. The van der Waals surface area contributed by atoms with Gasteiger partial charge in [0.05, 0.1) is 13.2 Å². The molecule has 1 fully saturated rings. The van der Waals surface area contributed by atoms with Gasteiger partial charge in [-0.25, -0.2) is 0 Å². The van der Waals surface area contributed by atoms with Crippen molar-refractivity contribution < 1.29 is 14.3 Å². The smallest absolute Gasteiger partial charge is 0.251 e. The second-order valence-corrected chi connectivity index (χ2v) is 5.52. The summed E-state index contributed by atoms with van der Waals surface area (Å²) in [4.78, 5) is 26.1. The van der Waals surface area contributed by atoms with Crippen molar-refractivity contribution >= 4 is 27.7 Å². The standard InChI is InChI=1S/C15H19BrN2O3/c1-11(15(20)18-6-8-21-9-7-18)17-14(19)13-4-2-12(10-16)3-5-13/h2-5,11H,6-10H2,1H3,(H,17,19). The van der Waals surface area contributed by atoms with Crippen molar-refractivity contribution in [3.05, 3.63) is 35.4 Å². The lowest BCUT2D eigenvalue weighted by Gasteiger charge is -2.29. The second-order valence-electron chi connectivity index (χ2n) is 4.96. The molecule has 0 aliphatic carbocycles. The number of halogens is 1. The van der Waals surface area contributed by atoms with E-state index in [0.29, 0.717) is 31.9 Å². The van der Waals surface area contributed by atoms with Gasteiger partial charge in [0, 0.05) is 24.0 Å². The summed E-state index contributed by atoms with van der Waals surface area (Å²) in [5, 5.41) is 3.50. The molecule has 1 heterocycles. The van der Waals surface area contributed by atoms with Crippen LogP contribution in [-0.2, 0) is 14.9 Å². The van der Waals surface area contributed by atoms with Crippen molar-refractivity contribution in [2.24, 2.45) is 0 Å². The first-order valence-electron chi connectivity index (χ1n) is 6.94. The lowest BCUT2D eigenvalue weighted by atomic mass is 10.1. The van der Waals surface area contributed by atoms with Gasteiger partial charge in [-0.3, -0.25) is 9.59 Å². The lowest BCUT2D eigenvalue weighted by Crippen LogP contribution is -2.50. The van der Waals surface area contributed by atoms with Crippen LogP contribution in [0.15, 0.2) is 24.3 Å². The number of benzene rings is 1. The third-order valence-corrected chi connectivity index (χ3v) is 4.06. The summed E-state index contributed by atoms with van der Waals surface area (Å²) in [5.41, 5.74) is 1.66. The molecule has 0 radical (unpaired) electrons. The first-order valence-corrected chi connectivity index (χ1v) is 8.06. The van der Waals surface area contributed by atoms with E-state index in [9.17, 15) is 9.59 Å². The molecule has 2 rings (SSSR count). The van der Waals surface area contributed by atoms with Crippen molar-refractivity contribution in [2.45, 2.75) is 18.3 Å².